The van der Waals surface area contributed by atoms with Gasteiger partial charge in [0.25, 0.3) is 0 Å². The van der Waals surface area contributed by atoms with E-state index in [1.54, 1.807) is 12.1 Å². The lowest BCUT2D eigenvalue weighted by Crippen LogP contribution is -2.33. The summed E-state index contributed by atoms with van der Waals surface area (Å²) < 4.78 is 5.10. The number of benzene rings is 1. The quantitative estimate of drug-likeness (QED) is 0.872. The van der Waals surface area contributed by atoms with E-state index in [4.69, 9.17) is 4.74 Å². The number of hydrogen-bond acceptors (Lipinski definition) is 3. The van der Waals surface area contributed by atoms with Gasteiger partial charge in [-0.15, -0.1) is 0 Å². The van der Waals surface area contributed by atoms with Crippen molar-refractivity contribution in [3.8, 4) is 5.75 Å². The number of carboxylic acids is 1. The molecule has 4 heteroatoms. The number of aromatic carboxylic acids is 1. The van der Waals surface area contributed by atoms with E-state index in [2.05, 4.69) is 11.8 Å². The summed E-state index contributed by atoms with van der Waals surface area (Å²) in [6.45, 7) is 5.29. The summed E-state index contributed by atoms with van der Waals surface area (Å²) in [5, 5.41) is 9.23. The molecule has 0 aliphatic carbocycles. The Morgan fingerprint density at radius 3 is 2.67 bits per heavy atom. The Hall–Kier alpha value is -1.55. The van der Waals surface area contributed by atoms with E-state index >= 15 is 0 Å². The van der Waals surface area contributed by atoms with Gasteiger partial charge in [0.1, 0.15) is 11.3 Å². The lowest BCUT2D eigenvalue weighted by Gasteiger charge is -2.32. The van der Waals surface area contributed by atoms with Crippen LogP contribution in [0.3, 0.4) is 0 Å². The fourth-order valence-electron chi connectivity index (χ4n) is 3.12. The third-order valence-electron chi connectivity index (χ3n) is 4.30. The van der Waals surface area contributed by atoms with Crippen molar-refractivity contribution in [3.05, 3.63) is 29.3 Å². The number of hydrogen-bond donors (Lipinski definition) is 1. The second-order valence-electron chi connectivity index (χ2n) is 5.85. The minimum atomic E-state index is -0.935. The van der Waals surface area contributed by atoms with Crippen LogP contribution in [0, 0.1) is 5.92 Å². The van der Waals surface area contributed by atoms with Crippen LogP contribution in [0.5, 0.6) is 5.75 Å². The first-order valence-corrected chi connectivity index (χ1v) is 7.76. The predicted octanol–water partition coefficient (Wildman–Crippen LogP) is 3.41. The Labute approximate surface area is 126 Å². The predicted molar refractivity (Wildman–Crippen MR) is 82.9 cm³/mol. The average Bonchev–Trinajstić information content (AvgIpc) is 2.49. The maximum absolute atomic E-state index is 11.2. The Bertz CT molecular complexity index is 479. The largest absolute Gasteiger partial charge is 0.496 e. The molecule has 1 fully saturated rings. The summed E-state index contributed by atoms with van der Waals surface area (Å²) in [7, 11) is 1.50. The molecule has 21 heavy (non-hydrogen) atoms. The molecule has 0 bridgehead atoms. The number of methoxy groups -OCH3 is 1. The molecule has 1 aliphatic rings. The number of piperidine rings is 1. The van der Waals surface area contributed by atoms with Gasteiger partial charge in [-0.05, 0) is 49.5 Å². The Morgan fingerprint density at radius 1 is 1.38 bits per heavy atom. The Kier molecular flexibility index (Phi) is 5.62. The Morgan fingerprint density at radius 2 is 2.10 bits per heavy atom. The molecule has 2 rings (SSSR count). The van der Waals surface area contributed by atoms with Crippen molar-refractivity contribution >= 4 is 5.97 Å². The van der Waals surface area contributed by atoms with Crippen molar-refractivity contribution in [3.63, 3.8) is 0 Å². The van der Waals surface area contributed by atoms with Crippen molar-refractivity contribution < 1.29 is 14.6 Å². The van der Waals surface area contributed by atoms with Gasteiger partial charge in [-0.1, -0.05) is 25.8 Å². The van der Waals surface area contributed by atoms with Crippen LogP contribution in [-0.2, 0) is 6.54 Å². The van der Waals surface area contributed by atoms with Crippen LogP contribution in [0.2, 0.25) is 0 Å². The highest BCUT2D eigenvalue weighted by molar-refractivity contribution is 5.91. The maximum Gasteiger partial charge on any atom is 0.339 e. The number of carboxylic acid groups (broad SMARTS) is 1. The normalized spacial score (nSPS) is 16.9. The van der Waals surface area contributed by atoms with Gasteiger partial charge in [-0.2, -0.15) is 0 Å². The summed E-state index contributed by atoms with van der Waals surface area (Å²) in [5.74, 6) is 0.361. The molecule has 1 saturated heterocycles. The van der Waals surface area contributed by atoms with E-state index in [0.717, 1.165) is 31.1 Å². The van der Waals surface area contributed by atoms with Gasteiger partial charge in [0, 0.05) is 6.54 Å². The summed E-state index contributed by atoms with van der Waals surface area (Å²) >= 11 is 0. The zero-order chi connectivity index (χ0) is 15.2. The standard InChI is InChI=1S/C17H25NO3/c1-3-4-13-7-9-18(10-8-13)12-14-5-6-16(21-2)15(11-14)17(19)20/h5-6,11,13H,3-4,7-10,12H2,1-2H3,(H,19,20). The molecule has 0 unspecified atom stereocenters. The molecule has 0 spiro atoms. The molecule has 1 aromatic rings. The highest BCUT2D eigenvalue weighted by Crippen LogP contribution is 2.25. The van der Waals surface area contributed by atoms with E-state index < -0.39 is 5.97 Å². The lowest BCUT2D eigenvalue weighted by atomic mass is 9.92. The first-order chi connectivity index (χ1) is 10.1. The summed E-state index contributed by atoms with van der Waals surface area (Å²) in [4.78, 5) is 13.7. The fourth-order valence-corrected chi connectivity index (χ4v) is 3.12. The molecule has 0 atom stereocenters. The Balaban J connectivity index is 1.97. The van der Waals surface area contributed by atoms with E-state index in [1.165, 1.54) is 32.8 Å². The van der Waals surface area contributed by atoms with E-state index in [-0.39, 0.29) is 5.56 Å². The summed E-state index contributed by atoms with van der Waals surface area (Å²) in [6, 6.07) is 5.45. The summed E-state index contributed by atoms with van der Waals surface area (Å²) in [6.07, 6.45) is 5.12. The van der Waals surface area contributed by atoms with Crippen LogP contribution in [0.1, 0.15) is 48.5 Å². The fraction of sp³-hybridized carbons (Fsp3) is 0.588. The first kappa shape index (κ1) is 15.8. The average molecular weight is 291 g/mol. The SMILES string of the molecule is CCCC1CCN(Cc2ccc(OC)c(C(=O)O)c2)CC1. The molecule has 1 heterocycles. The van der Waals surface area contributed by atoms with Gasteiger partial charge < -0.3 is 9.84 Å². The van der Waals surface area contributed by atoms with Gasteiger partial charge in [0.05, 0.1) is 7.11 Å². The molecular formula is C17H25NO3. The number of rotatable bonds is 6. The molecule has 116 valence electrons. The smallest absolute Gasteiger partial charge is 0.339 e. The van der Waals surface area contributed by atoms with Gasteiger partial charge in [-0.25, -0.2) is 4.79 Å². The topological polar surface area (TPSA) is 49.8 Å². The van der Waals surface area contributed by atoms with Crippen LogP contribution < -0.4 is 4.74 Å². The minimum Gasteiger partial charge on any atom is -0.496 e. The van der Waals surface area contributed by atoms with Gasteiger partial charge in [0.15, 0.2) is 0 Å². The molecular weight excluding hydrogens is 266 g/mol. The zero-order valence-electron chi connectivity index (χ0n) is 13.0. The van der Waals surface area contributed by atoms with Crippen molar-refractivity contribution in [2.24, 2.45) is 5.92 Å². The molecule has 0 aromatic heterocycles. The summed E-state index contributed by atoms with van der Waals surface area (Å²) in [5.41, 5.74) is 1.29. The van der Waals surface area contributed by atoms with Gasteiger partial charge in [0.2, 0.25) is 0 Å². The zero-order valence-corrected chi connectivity index (χ0v) is 13.0. The van der Waals surface area contributed by atoms with Crippen molar-refractivity contribution in [1.82, 2.24) is 4.90 Å². The molecule has 1 N–H and O–H groups in total. The highest BCUT2D eigenvalue weighted by atomic mass is 16.5. The van der Waals surface area contributed by atoms with E-state index in [1.807, 2.05) is 6.07 Å². The lowest BCUT2D eigenvalue weighted by molar-refractivity contribution is 0.0693. The van der Waals surface area contributed by atoms with Crippen molar-refractivity contribution in [2.45, 2.75) is 39.2 Å². The van der Waals surface area contributed by atoms with Gasteiger partial charge in [-0.3, -0.25) is 4.90 Å². The van der Waals surface area contributed by atoms with Crippen LogP contribution in [0.15, 0.2) is 18.2 Å². The van der Waals surface area contributed by atoms with Crippen LogP contribution in [0.4, 0.5) is 0 Å². The number of carbonyl (C=O) groups is 1. The van der Waals surface area contributed by atoms with Crippen LogP contribution in [0.25, 0.3) is 0 Å². The van der Waals surface area contributed by atoms with Crippen molar-refractivity contribution in [2.75, 3.05) is 20.2 Å². The second-order valence-corrected chi connectivity index (χ2v) is 5.85. The third kappa shape index (κ3) is 4.21. The monoisotopic (exact) mass is 291 g/mol. The highest BCUT2D eigenvalue weighted by Gasteiger charge is 2.19. The first-order valence-electron chi connectivity index (χ1n) is 7.76. The molecule has 1 aromatic carbocycles. The number of likely N-dealkylation sites (tertiary alicyclic amines) is 1. The van der Waals surface area contributed by atoms with E-state index in [9.17, 15) is 9.90 Å². The third-order valence-corrected chi connectivity index (χ3v) is 4.30. The van der Waals surface area contributed by atoms with Crippen LogP contribution in [-0.4, -0.2) is 36.2 Å². The number of nitrogens with zero attached hydrogens (tertiary/aromatic N) is 1. The molecule has 1 aliphatic heterocycles. The molecule has 0 radical (unpaired) electrons. The number of ether oxygens (including phenoxy) is 1. The van der Waals surface area contributed by atoms with Crippen molar-refractivity contribution in [1.29, 1.82) is 0 Å². The van der Waals surface area contributed by atoms with Crippen LogP contribution >= 0.6 is 0 Å². The minimum absolute atomic E-state index is 0.246. The molecule has 0 saturated carbocycles. The molecule has 4 nitrogen and oxygen atoms in total. The second kappa shape index (κ2) is 7.46. The molecule has 0 amide bonds. The van der Waals surface area contributed by atoms with Gasteiger partial charge >= 0.3 is 5.97 Å². The maximum atomic E-state index is 11.2. The van der Waals surface area contributed by atoms with E-state index in [0.29, 0.717) is 5.75 Å².